The summed E-state index contributed by atoms with van der Waals surface area (Å²) in [5, 5.41) is 5.82. The Balaban J connectivity index is 1.45. The Morgan fingerprint density at radius 1 is 1.19 bits per heavy atom. The summed E-state index contributed by atoms with van der Waals surface area (Å²) >= 11 is 0. The van der Waals surface area contributed by atoms with Gasteiger partial charge in [-0.3, -0.25) is 4.79 Å². The first-order valence-electron chi connectivity index (χ1n) is 9.47. The molecule has 5 nitrogen and oxygen atoms in total. The van der Waals surface area contributed by atoms with Gasteiger partial charge in [0.15, 0.2) is 0 Å². The van der Waals surface area contributed by atoms with E-state index in [0.29, 0.717) is 19.5 Å². The zero-order valence-corrected chi connectivity index (χ0v) is 15.9. The monoisotopic (exact) mass is 365 g/mol. The molecular weight excluding hydrogens is 338 g/mol. The number of hydrogen-bond acceptors (Lipinski definition) is 2. The summed E-state index contributed by atoms with van der Waals surface area (Å²) in [4.78, 5) is 26.4. The number of urea groups is 1. The van der Waals surface area contributed by atoms with Crippen molar-refractivity contribution < 1.29 is 9.59 Å². The lowest BCUT2D eigenvalue weighted by Crippen LogP contribution is -2.44. The minimum Gasteiger partial charge on any atom is -0.338 e. The average molecular weight is 365 g/mol. The number of carbonyl (C=O) groups is 2. The van der Waals surface area contributed by atoms with E-state index < -0.39 is 0 Å². The molecule has 0 saturated carbocycles. The lowest BCUT2D eigenvalue weighted by molar-refractivity contribution is -0.129. The fourth-order valence-electron chi connectivity index (χ4n) is 3.54. The molecule has 0 aliphatic carbocycles. The van der Waals surface area contributed by atoms with Crippen LogP contribution in [0, 0.1) is 6.92 Å². The van der Waals surface area contributed by atoms with Crippen LogP contribution in [-0.4, -0.2) is 36.0 Å². The van der Waals surface area contributed by atoms with Crippen LogP contribution in [0.3, 0.4) is 0 Å². The fourth-order valence-corrected chi connectivity index (χ4v) is 3.54. The molecule has 2 unspecified atom stereocenters. The van der Waals surface area contributed by atoms with Gasteiger partial charge in [-0.1, -0.05) is 60.2 Å². The van der Waals surface area contributed by atoms with E-state index in [9.17, 15) is 9.59 Å². The zero-order valence-electron chi connectivity index (χ0n) is 15.9. The van der Waals surface area contributed by atoms with E-state index in [1.807, 2.05) is 48.2 Å². The van der Waals surface area contributed by atoms with Crippen molar-refractivity contribution in [3.63, 3.8) is 0 Å². The lowest BCUT2D eigenvalue weighted by Gasteiger charge is -2.25. The topological polar surface area (TPSA) is 61.4 Å². The first-order valence-corrected chi connectivity index (χ1v) is 9.47. The molecule has 2 atom stereocenters. The maximum Gasteiger partial charge on any atom is 0.315 e. The molecule has 2 N–H and O–H groups in total. The molecule has 1 fully saturated rings. The Labute approximate surface area is 160 Å². The van der Waals surface area contributed by atoms with E-state index in [4.69, 9.17) is 0 Å². The van der Waals surface area contributed by atoms with Crippen LogP contribution in [0.15, 0.2) is 54.6 Å². The van der Waals surface area contributed by atoms with Crippen molar-refractivity contribution in [3.8, 4) is 0 Å². The van der Waals surface area contributed by atoms with Crippen LogP contribution < -0.4 is 10.6 Å². The van der Waals surface area contributed by atoms with Gasteiger partial charge < -0.3 is 15.5 Å². The zero-order chi connectivity index (χ0) is 19.2. The van der Waals surface area contributed by atoms with E-state index in [2.05, 4.69) is 35.8 Å². The molecule has 27 heavy (non-hydrogen) atoms. The molecule has 0 aromatic heterocycles. The van der Waals surface area contributed by atoms with E-state index in [0.717, 1.165) is 12.0 Å². The standard InChI is InChI=1S/C22H27N3O2/c1-16-7-6-8-18(13-16)11-12-23-22(27)24-20-14-21(26)25(15-20)17(2)19-9-4-3-5-10-19/h3-10,13,17,20H,11-12,14-15H2,1-2H3,(H2,23,24,27). The molecule has 3 rings (SSSR count). The Morgan fingerprint density at radius 3 is 2.70 bits per heavy atom. The van der Waals surface area contributed by atoms with E-state index >= 15 is 0 Å². The van der Waals surface area contributed by atoms with Gasteiger partial charge in [-0.25, -0.2) is 4.79 Å². The molecular formula is C22H27N3O2. The molecule has 0 bridgehead atoms. The molecule has 0 radical (unpaired) electrons. The molecule has 2 aromatic carbocycles. The van der Waals surface area contributed by atoms with Gasteiger partial charge in [-0.05, 0) is 31.4 Å². The minimum absolute atomic E-state index is 0.00915. The van der Waals surface area contributed by atoms with Crippen LogP contribution in [0.4, 0.5) is 4.79 Å². The van der Waals surface area contributed by atoms with Crippen LogP contribution in [0.1, 0.15) is 36.1 Å². The number of nitrogens with zero attached hydrogens (tertiary/aromatic N) is 1. The number of nitrogens with one attached hydrogen (secondary N) is 2. The first kappa shape index (κ1) is 19.0. The number of amides is 3. The third-order valence-electron chi connectivity index (χ3n) is 5.02. The van der Waals surface area contributed by atoms with E-state index in [1.54, 1.807) is 0 Å². The Kier molecular flexibility index (Phi) is 6.12. The van der Waals surface area contributed by atoms with Crippen molar-refractivity contribution in [2.75, 3.05) is 13.1 Å². The molecule has 1 heterocycles. The fraction of sp³-hybridized carbons (Fsp3) is 0.364. The molecule has 1 saturated heterocycles. The quantitative estimate of drug-likeness (QED) is 0.826. The van der Waals surface area contributed by atoms with Gasteiger partial charge >= 0.3 is 6.03 Å². The summed E-state index contributed by atoms with van der Waals surface area (Å²) in [7, 11) is 0. The number of rotatable bonds is 6. The Bertz CT molecular complexity index is 791. The molecule has 2 aromatic rings. The normalized spacial score (nSPS) is 17.6. The van der Waals surface area contributed by atoms with Crippen LogP contribution in [-0.2, 0) is 11.2 Å². The van der Waals surface area contributed by atoms with Crippen molar-refractivity contribution >= 4 is 11.9 Å². The molecule has 5 heteroatoms. The smallest absolute Gasteiger partial charge is 0.315 e. The van der Waals surface area contributed by atoms with Crippen LogP contribution in [0.2, 0.25) is 0 Å². The van der Waals surface area contributed by atoms with Crippen LogP contribution in [0.25, 0.3) is 0 Å². The number of carbonyl (C=O) groups excluding carboxylic acids is 2. The maximum absolute atomic E-state index is 12.4. The minimum atomic E-state index is -0.213. The lowest BCUT2D eigenvalue weighted by atomic mass is 10.1. The molecule has 142 valence electrons. The van der Waals surface area contributed by atoms with Gasteiger partial charge in [0, 0.05) is 19.5 Å². The summed E-state index contributed by atoms with van der Waals surface area (Å²) in [6, 6.07) is 17.9. The van der Waals surface area contributed by atoms with Gasteiger partial charge in [0.1, 0.15) is 0 Å². The highest BCUT2D eigenvalue weighted by Crippen LogP contribution is 2.25. The van der Waals surface area contributed by atoms with Gasteiger partial charge in [0.2, 0.25) is 5.91 Å². The summed E-state index contributed by atoms with van der Waals surface area (Å²) in [6.45, 7) is 5.20. The first-order chi connectivity index (χ1) is 13.0. The Morgan fingerprint density at radius 2 is 1.96 bits per heavy atom. The summed E-state index contributed by atoms with van der Waals surface area (Å²) in [6.07, 6.45) is 1.14. The second kappa shape index (κ2) is 8.71. The highest BCUT2D eigenvalue weighted by molar-refractivity contribution is 5.82. The third kappa shape index (κ3) is 5.09. The largest absolute Gasteiger partial charge is 0.338 e. The van der Waals surface area contributed by atoms with Crippen LogP contribution in [0.5, 0.6) is 0 Å². The number of likely N-dealkylation sites (tertiary alicyclic amines) is 1. The van der Waals surface area contributed by atoms with Crippen molar-refractivity contribution in [1.29, 1.82) is 0 Å². The molecule has 1 aliphatic heterocycles. The summed E-state index contributed by atoms with van der Waals surface area (Å²) < 4.78 is 0. The van der Waals surface area contributed by atoms with Crippen molar-refractivity contribution in [2.45, 2.75) is 38.8 Å². The van der Waals surface area contributed by atoms with Crippen LogP contribution >= 0.6 is 0 Å². The number of hydrogen-bond donors (Lipinski definition) is 2. The number of aryl methyl sites for hydroxylation is 1. The average Bonchev–Trinajstić information content (AvgIpc) is 3.02. The Hall–Kier alpha value is -2.82. The van der Waals surface area contributed by atoms with Gasteiger partial charge in [0.05, 0.1) is 12.1 Å². The highest BCUT2D eigenvalue weighted by atomic mass is 16.2. The molecule has 1 aliphatic rings. The van der Waals surface area contributed by atoms with E-state index in [1.165, 1.54) is 11.1 Å². The van der Waals surface area contributed by atoms with E-state index in [-0.39, 0.29) is 24.0 Å². The maximum atomic E-state index is 12.4. The number of benzene rings is 2. The predicted octanol–water partition coefficient (Wildman–Crippen LogP) is 3.20. The third-order valence-corrected chi connectivity index (χ3v) is 5.02. The van der Waals surface area contributed by atoms with Gasteiger partial charge in [-0.15, -0.1) is 0 Å². The second-order valence-corrected chi connectivity index (χ2v) is 7.17. The summed E-state index contributed by atoms with van der Waals surface area (Å²) in [5.74, 6) is 0.0800. The van der Waals surface area contributed by atoms with Crippen molar-refractivity contribution in [1.82, 2.24) is 15.5 Å². The van der Waals surface area contributed by atoms with Crippen molar-refractivity contribution in [3.05, 3.63) is 71.3 Å². The molecule has 0 spiro atoms. The predicted molar refractivity (Wildman–Crippen MR) is 106 cm³/mol. The second-order valence-electron chi connectivity index (χ2n) is 7.17. The van der Waals surface area contributed by atoms with Gasteiger partial charge in [-0.2, -0.15) is 0 Å². The summed E-state index contributed by atoms with van der Waals surface area (Å²) in [5.41, 5.74) is 3.53. The van der Waals surface area contributed by atoms with Gasteiger partial charge in [0.25, 0.3) is 0 Å². The van der Waals surface area contributed by atoms with Crippen molar-refractivity contribution in [2.24, 2.45) is 0 Å². The highest BCUT2D eigenvalue weighted by Gasteiger charge is 2.33. The SMILES string of the molecule is Cc1cccc(CCNC(=O)NC2CC(=O)N(C(C)c3ccccc3)C2)c1. The molecule has 3 amide bonds.